The van der Waals surface area contributed by atoms with Gasteiger partial charge in [0.05, 0.1) is 22.5 Å². The van der Waals surface area contributed by atoms with Crippen molar-refractivity contribution in [1.29, 1.82) is 0 Å². The van der Waals surface area contributed by atoms with E-state index < -0.39 is 21.6 Å². The minimum Gasteiger partial charge on any atom is -0.467 e. The molecular formula is C31H43ClN6O5S2. The molecule has 0 radical (unpaired) electrons. The minimum atomic E-state index is -3.50. The number of sulfonamides is 1. The zero-order valence-corrected chi connectivity index (χ0v) is 28.6. The van der Waals surface area contributed by atoms with Crippen molar-refractivity contribution in [3.8, 4) is 5.19 Å². The van der Waals surface area contributed by atoms with E-state index in [1.807, 2.05) is 30.6 Å². The van der Waals surface area contributed by atoms with Crippen LogP contribution >= 0.6 is 23.7 Å². The highest BCUT2D eigenvalue weighted by atomic mass is 35.5. The van der Waals surface area contributed by atoms with E-state index in [1.165, 1.54) is 9.87 Å². The highest BCUT2D eigenvalue weighted by Crippen LogP contribution is 2.34. The first kappa shape index (κ1) is 35.0. The number of hydrogen-bond donors (Lipinski definition) is 1. The Morgan fingerprint density at radius 2 is 1.89 bits per heavy atom. The fraction of sp³-hybridized carbons (Fsp3) is 0.548. The number of fused-ring (bicyclic) bond motifs is 1. The van der Waals surface area contributed by atoms with Crippen LogP contribution in [0.1, 0.15) is 64.0 Å². The number of aryl methyl sites for hydroxylation is 1. The lowest BCUT2D eigenvalue weighted by atomic mass is 10.0. The predicted octanol–water partition coefficient (Wildman–Crippen LogP) is 4.60. The van der Waals surface area contributed by atoms with Gasteiger partial charge in [-0.05, 0) is 55.5 Å². The van der Waals surface area contributed by atoms with Gasteiger partial charge in [0, 0.05) is 57.8 Å². The van der Waals surface area contributed by atoms with Crippen molar-refractivity contribution in [1.82, 2.24) is 19.3 Å². The van der Waals surface area contributed by atoms with Crippen LogP contribution in [-0.4, -0.2) is 83.8 Å². The van der Waals surface area contributed by atoms with Crippen LogP contribution in [-0.2, 0) is 26.0 Å². The van der Waals surface area contributed by atoms with Crippen molar-refractivity contribution in [3.05, 3.63) is 47.8 Å². The summed E-state index contributed by atoms with van der Waals surface area (Å²) in [6, 6.07) is 6.16. The summed E-state index contributed by atoms with van der Waals surface area (Å²) in [6.07, 6.45) is 10.6. The van der Waals surface area contributed by atoms with Gasteiger partial charge in [-0.15, -0.1) is 12.4 Å². The third-order valence-corrected chi connectivity index (χ3v) is 10.8. The molecule has 4 heterocycles. The second-order valence-corrected chi connectivity index (χ2v) is 15.0. The average molecular weight is 679 g/mol. The number of nitrogens with two attached hydrogens (primary N) is 1. The molecule has 3 aromatic rings. The fourth-order valence-electron chi connectivity index (χ4n) is 5.47. The maximum Gasteiger partial charge on any atom is 0.320 e. The lowest BCUT2D eigenvalue weighted by molar-refractivity contribution is -0.154. The van der Waals surface area contributed by atoms with Crippen molar-refractivity contribution < 1.29 is 22.7 Å². The molecule has 0 amide bonds. The highest BCUT2D eigenvalue weighted by Gasteiger charge is 2.30. The standard InChI is InChI=1S/C31H42N6O5S2.ClH/c1-4-5-22-20-33-29(34-21-22)36-13-10-25(11-14-36)41-30-35-26-7-6-24(18-27(26)43-30)23-8-15-37(16-9-23)44(39,40)17-12-31(2,3)42-28(38)19-32;/h6-8,18,20-21,25H,4-5,9-17,19,32H2,1-3H3;1H. The molecule has 2 aliphatic heterocycles. The Kier molecular flexibility index (Phi) is 11.8. The zero-order chi connectivity index (χ0) is 31.3. The lowest BCUT2D eigenvalue weighted by Crippen LogP contribution is -2.39. The molecule has 1 aromatic carbocycles. The van der Waals surface area contributed by atoms with Gasteiger partial charge in [0.15, 0.2) is 0 Å². The van der Waals surface area contributed by atoms with E-state index in [9.17, 15) is 13.2 Å². The maximum absolute atomic E-state index is 13.0. The van der Waals surface area contributed by atoms with Gasteiger partial charge in [0.25, 0.3) is 5.19 Å². The van der Waals surface area contributed by atoms with Crippen LogP contribution in [0.25, 0.3) is 15.8 Å². The molecule has 2 aromatic heterocycles. The first-order valence-corrected chi connectivity index (χ1v) is 17.7. The summed E-state index contributed by atoms with van der Waals surface area (Å²) >= 11 is 1.54. The topological polar surface area (TPSA) is 141 Å². The number of nitrogens with zero attached hydrogens (tertiary/aromatic N) is 5. The number of rotatable bonds is 12. The Bertz CT molecular complexity index is 1590. The van der Waals surface area contributed by atoms with Crippen molar-refractivity contribution in [2.75, 3.05) is 43.4 Å². The lowest BCUT2D eigenvalue weighted by Gasteiger charge is -2.31. The molecule has 0 spiro atoms. The van der Waals surface area contributed by atoms with Crippen LogP contribution in [0.15, 0.2) is 36.7 Å². The number of carbonyl (C=O) groups excluding carboxylic acids is 1. The Morgan fingerprint density at radius 1 is 1.16 bits per heavy atom. The van der Waals surface area contributed by atoms with Crippen LogP contribution in [0.4, 0.5) is 5.95 Å². The molecule has 0 saturated carbocycles. The van der Waals surface area contributed by atoms with Gasteiger partial charge in [-0.3, -0.25) is 4.79 Å². The average Bonchev–Trinajstić information content (AvgIpc) is 3.42. The SMILES string of the molecule is CCCc1cnc(N2CCC(Oc3nc4ccc(C5=CCN(S(=O)(=O)CCC(C)(C)OC(=O)CN)CC5)cc4s3)CC2)nc1.Cl. The van der Waals surface area contributed by atoms with E-state index in [0.717, 1.165) is 66.1 Å². The van der Waals surface area contributed by atoms with E-state index in [1.54, 1.807) is 25.2 Å². The molecule has 1 fully saturated rings. The largest absolute Gasteiger partial charge is 0.467 e. The maximum atomic E-state index is 13.0. The molecular weight excluding hydrogens is 636 g/mol. The van der Waals surface area contributed by atoms with Crippen LogP contribution in [0.5, 0.6) is 5.19 Å². The summed E-state index contributed by atoms with van der Waals surface area (Å²) in [5, 5.41) is 0.672. The third-order valence-electron chi connectivity index (χ3n) is 8.05. The number of piperidine rings is 1. The van der Waals surface area contributed by atoms with Gasteiger partial charge >= 0.3 is 5.97 Å². The number of aromatic nitrogens is 3. The number of hydrogen-bond acceptors (Lipinski definition) is 11. The van der Waals surface area contributed by atoms with E-state index in [2.05, 4.69) is 27.9 Å². The number of ether oxygens (including phenoxy) is 2. The number of thiazole rings is 1. The van der Waals surface area contributed by atoms with Gasteiger partial charge in [0.1, 0.15) is 11.7 Å². The molecule has 14 heteroatoms. The highest BCUT2D eigenvalue weighted by molar-refractivity contribution is 7.89. The number of esters is 1. The first-order valence-electron chi connectivity index (χ1n) is 15.3. The van der Waals surface area contributed by atoms with E-state index in [4.69, 9.17) is 20.2 Å². The Morgan fingerprint density at radius 3 is 2.53 bits per heavy atom. The molecule has 1 saturated heterocycles. The van der Waals surface area contributed by atoms with Crippen molar-refractivity contribution in [3.63, 3.8) is 0 Å². The zero-order valence-electron chi connectivity index (χ0n) is 26.1. The molecule has 5 rings (SSSR count). The Hall–Kier alpha value is -2.84. The number of benzene rings is 1. The van der Waals surface area contributed by atoms with Crippen LogP contribution < -0.4 is 15.4 Å². The molecule has 0 bridgehead atoms. The number of halogens is 1. The summed E-state index contributed by atoms with van der Waals surface area (Å²) in [6.45, 7) is 7.70. The molecule has 246 valence electrons. The predicted molar refractivity (Wildman–Crippen MR) is 181 cm³/mol. The second-order valence-electron chi connectivity index (χ2n) is 11.9. The van der Waals surface area contributed by atoms with E-state index in [-0.39, 0.29) is 37.2 Å². The quantitative estimate of drug-likeness (QED) is 0.270. The van der Waals surface area contributed by atoms with Gasteiger partial charge in [-0.1, -0.05) is 36.8 Å². The molecule has 2 N–H and O–H groups in total. The van der Waals surface area contributed by atoms with Crippen molar-refractivity contribution in [2.24, 2.45) is 5.73 Å². The summed E-state index contributed by atoms with van der Waals surface area (Å²) in [4.78, 5) is 27.6. The fourth-order valence-corrected chi connectivity index (χ4v) is 8.07. The molecule has 2 aliphatic rings. The Balaban J connectivity index is 0.00000461. The number of anilines is 1. The normalized spacial score (nSPS) is 16.7. The van der Waals surface area contributed by atoms with Crippen LogP contribution in [0, 0.1) is 0 Å². The van der Waals surface area contributed by atoms with Crippen molar-refractivity contribution >= 4 is 61.5 Å². The third kappa shape index (κ3) is 9.13. The Labute approximate surface area is 275 Å². The molecule has 0 unspecified atom stereocenters. The van der Waals surface area contributed by atoms with E-state index in [0.29, 0.717) is 24.7 Å². The smallest absolute Gasteiger partial charge is 0.320 e. The van der Waals surface area contributed by atoms with Crippen LogP contribution in [0.3, 0.4) is 0 Å². The monoisotopic (exact) mass is 678 g/mol. The van der Waals surface area contributed by atoms with E-state index >= 15 is 0 Å². The molecule has 45 heavy (non-hydrogen) atoms. The van der Waals surface area contributed by atoms with Gasteiger partial charge in [0.2, 0.25) is 16.0 Å². The number of carbonyl (C=O) groups is 1. The van der Waals surface area contributed by atoms with Crippen molar-refractivity contribution in [2.45, 2.75) is 71.0 Å². The molecule has 0 atom stereocenters. The summed E-state index contributed by atoms with van der Waals surface area (Å²) in [5.41, 5.74) is 8.66. The second kappa shape index (κ2) is 15.2. The minimum absolute atomic E-state index is 0. The van der Waals surface area contributed by atoms with Gasteiger partial charge < -0.3 is 20.1 Å². The molecule has 11 nitrogen and oxygen atoms in total. The first-order chi connectivity index (χ1) is 21.0. The van der Waals surface area contributed by atoms with Gasteiger partial charge in [-0.25, -0.2) is 23.4 Å². The molecule has 0 aliphatic carbocycles. The summed E-state index contributed by atoms with van der Waals surface area (Å²) in [5.74, 6) is 0.133. The summed E-state index contributed by atoms with van der Waals surface area (Å²) < 4.78 is 40.1. The van der Waals surface area contributed by atoms with Crippen LogP contribution in [0.2, 0.25) is 0 Å². The summed E-state index contributed by atoms with van der Waals surface area (Å²) in [7, 11) is -3.50. The van der Waals surface area contributed by atoms with Gasteiger partial charge in [-0.2, -0.15) is 4.31 Å².